The SMILES string of the molecule is CN1C=C(N(c2ccccc2)c2ccccc2)C=C2C1c1sc(C=C(C#N)C#N)cc1C2(C)C. The molecule has 1 aromatic heterocycles. The first-order chi connectivity index (χ1) is 16.4. The third-order valence-electron chi connectivity index (χ3n) is 6.58. The molecule has 1 atom stereocenters. The molecule has 0 amide bonds. The monoisotopic (exact) mass is 460 g/mol. The fraction of sp³-hybridized carbons (Fsp3) is 0.172. The summed E-state index contributed by atoms with van der Waals surface area (Å²) in [5, 5.41) is 18.3. The summed E-state index contributed by atoms with van der Waals surface area (Å²) in [6.45, 7) is 4.53. The molecule has 0 bridgehead atoms. The number of anilines is 2. The minimum atomic E-state index is -0.172. The van der Waals surface area contributed by atoms with Crippen molar-refractivity contribution in [1.29, 1.82) is 10.5 Å². The van der Waals surface area contributed by atoms with Gasteiger partial charge in [-0.3, -0.25) is 0 Å². The normalized spacial score (nSPS) is 17.4. The average molecular weight is 461 g/mol. The lowest BCUT2D eigenvalue weighted by atomic mass is 9.81. The lowest BCUT2D eigenvalue weighted by Crippen LogP contribution is -2.30. The Morgan fingerprint density at radius 3 is 2.15 bits per heavy atom. The lowest BCUT2D eigenvalue weighted by molar-refractivity contribution is 0.364. The van der Waals surface area contributed by atoms with Gasteiger partial charge in [-0.2, -0.15) is 10.5 Å². The minimum absolute atomic E-state index is 0.133. The zero-order valence-electron chi connectivity index (χ0n) is 19.4. The summed E-state index contributed by atoms with van der Waals surface area (Å²) in [6, 6.07) is 27.1. The molecule has 3 aromatic rings. The van der Waals surface area contributed by atoms with Crippen molar-refractivity contribution >= 4 is 28.8 Å². The number of rotatable bonds is 4. The van der Waals surface area contributed by atoms with Gasteiger partial charge in [0.25, 0.3) is 0 Å². The van der Waals surface area contributed by atoms with E-state index in [-0.39, 0.29) is 17.0 Å². The number of likely N-dealkylation sites (N-methyl/N-ethyl adjacent to an activating group) is 1. The summed E-state index contributed by atoms with van der Waals surface area (Å²) in [7, 11) is 2.13. The predicted molar refractivity (Wildman–Crippen MR) is 138 cm³/mol. The van der Waals surface area contributed by atoms with E-state index >= 15 is 0 Å². The van der Waals surface area contributed by atoms with Crippen LogP contribution in [0.5, 0.6) is 0 Å². The summed E-state index contributed by atoms with van der Waals surface area (Å²) >= 11 is 1.67. The third-order valence-corrected chi connectivity index (χ3v) is 7.71. The zero-order chi connectivity index (χ0) is 23.9. The van der Waals surface area contributed by atoms with Gasteiger partial charge in [0.15, 0.2) is 0 Å². The number of nitriles is 2. The van der Waals surface area contributed by atoms with Gasteiger partial charge in [-0.25, -0.2) is 0 Å². The Morgan fingerprint density at radius 1 is 1.00 bits per heavy atom. The van der Waals surface area contributed by atoms with Gasteiger partial charge >= 0.3 is 0 Å². The molecule has 2 heterocycles. The van der Waals surface area contributed by atoms with E-state index < -0.39 is 0 Å². The van der Waals surface area contributed by atoms with E-state index in [0.717, 1.165) is 21.9 Å². The average Bonchev–Trinajstić information content (AvgIpc) is 3.36. The Balaban J connectivity index is 1.60. The molecular formula is C29H24N4S. The van der Waals surface area contributed by atoms with Crippen molar-refractivity contribution in [2.24, 2.45) is 0 Å². The van der Waals surface area contributed by atoms with Crippen LogP contribution < -0.4 is 4.90 Å². The number of para-hydroxylation sites is 2. The second-order valence-corrected chi connectivity index (χ2v) is 10.2. The van der Waals surface area contributed by atoms with Crippen LogP contribution in [0.25, 0.3) is 6.08 Å². The smallest absolute Gasteiger partial charge is 0.131 e. The fourth-order valence-corrected chi connectivity index (χ4v) is 6.36. The summed E-state index contributed by atoms with van der Waals surface area (Å²) in [4.78, 5) is 6.81. The van der Waals surface area contributed by atoms with Crippen molar-refractivity contribution in [2.75, 3.05) is 11.9 Å². The molecule has 0 N–H and O–H groups in total. The van der Waals surface area contributed by atoms with Crippen LogP contribution in [0.1, 0.15) is 35.2 Å². The highest BCUT2D eigenvalue weighted by atomic mass is 32.1. The first-order valence-corrected chi connectivity index (χ1v) is 12.0. The Bertz CT molecular complexity index is 1360. The second kappa shape index (κ2) is 8.37. The molecule has 1 unspecified atom stereocenters. The van der Waals surface area contributed by atoms with Gasteiger partial charge in [-0.1, -0.05) is 50.2 Å². The summed E-state index contributed by atoms with van der Waals surface area (Å²) in [6.07, 6.45) is 6.24. The molecule has 5 heteroatoms. The molecular weight excluding hydrogens is 436 g/mol. The standard InChI is InChI=1S/C29H24N4S/c1-29(2)25-15-23(33(21-10-6-4-7-11-21)22-12-8-5-9-13-22)19-32(3)27(25)28-26(29)16-24(34-28)14-20(17-30)18-31/h4-16,19,27H,1-3H3. The van der Waals surface area contributed by atoms with E-state index in [0.29, 0.717) is 0 Å². The van der Waals surface area contributed by atoms with Crippen LogP contribution >= 0.6 is 11.3 Å². The van der Waals surface area contributed by atoms with E-state index in [9.17, 15) is 0 Å². The number of benzene rings is 2. The Kier molecular flexibility index (Phi) is 5.36. The summed E-state index contributed by atoms with van der Waals surface area (Å²) < 4.78 is 0. The van der Waals surface area contributed by atoms with Gasteiger partial charge in [0, 0.05) is 39.8 Å². The quantitative estimate of drug-likeness (QED) is 0.391. The number of hydrogen-bond donors (Lipinski definition) is 0. The molecule has 5 rings (SSSR count). The van der Waals surface area contributed by atoms with Crippen LogP contribution in [-0.4, -0.2) is 11.9 Å². The second-order valence-electron chi connectivity index (χ2n) is 9.06. The highest BCUT2D eigenvalue weighted by Gasteiger charge is 2.46. The van der Waals surface area contributed by atoms with Crippen molar-refractivity contribution in [2.45, 2.75) is 25.3 Å². The van der Waals surface area contributed by atoms with Crippen LogP contribution in [0.2, 0.25) is 0 Å². The van der Waals surface area contributed by atoms with E-state index in [4.69, 9.17) is 10.5 Å². The molecule has 1 aliphatic carbocycles. The highest BCUT2D eigenvalue weighted by Crippen LogP contribution is 2.56. The third kappa shape index (κ3) is 3.52. The van der Waals surface area contributed by atoms with Crippen LogP contribution in [0.15, 0.2) is 95.8 Å². The van der Waals surface area contributed by atoms with Gasteiger partial charge in [0.2, 0.25) is 0 Å². The summed E-state index contributed by atoms with van der Waals surface area (Å²) in [5.74, 6) is 0. The maximum Gasteiger partial charge on any atom is 0.131 e. The van der Waals surface area contributed by atoms with Crippen LogP contribution in [0.4, 0.5) is 11.4 Å². The van der Waals surface area contributed by atoms with E-state index in [1.165, 1.54) is 16.0 Å². The van der Waals surface area contributed by atoms with Gasteiger partial charge in [-0.15, -0.1) is 11.3 Å². The number of fused-ring (bicyclic) bond motifs is 3. The molecule has 2 aliphatic rings. The Morgan fingerprint density at radius 2 is 1.59 bits per heavy atom. The van der Waals surface area contributed by atoms with E-state index in [1.54, 1.807) is 17.4 Å². The molecule has 34 heavy (non-hydrogen) atoms. The molecule has 0 saturated carbocycles. The maximum atomic E-state index is 9.17. The molecule has 0 radical (unpaired) electrons. The Hall–Kier alpha value is -4.06. The van der Waals surface area contributed by atoms with Gasteiger partial charge in [-0.05, 0) is 53.6 Å². The molecule has 0 spiro atoms. The van der Waals surface area contributed by atoms with Crippen molar-refractivity contribution in [3.05, 3.63) is 111 Å². The van der Waals surface area contributed by atoms with Crippen molar-refractivity contribution < 1.29 is 0 Å². The molecule has 4 nitrogen and oxygen atoms in total. The molecule has 1 aliphatic heterocycles. The van der Waals surface area contributed by atoms with Gasteiger partial charge in [0.05, 0.1) is 11.7 Å². The fourth-order valence-electron chi connectivity index (χ4n) is 4.92. The number of nitrogens with zero attached hydrogens (tertiary/aromatic N) is 4. The number of thiophene rings is 1. The first-order valence-electron chi connectivity index (χ1n) is 11.2. The minimum Gasteiger partial charge on any atom is -0.367 e. The molecule has 0 saturated heterocycles. The van der Waals surface area contributed by atoms with Crippen LogP contribution in [0, 0.1) is 22.7 Å². The van der Waals surface area contributed by atoms with E-state index in [2.05, 4.69) is 97.6 Å². The molecule has 2 aromatic carbocycles. The summed E-state index contributed by atoms with van der Waals surface area (Å²) in [5.41, 5.74) is 5.92. The van der Waals surface area contributed by atoms with Gasteiger partial charge in [0.1, 0.15) is 17.7 Å². The topological polar surface area (TPSA) is 54.1 Å². The van der Waals surface area contributed by atoms with E-state index in [1.807, 2.05) is 24.3 Å². The largest absolute Gasteiger partial charge is 0.367 e. The van der Waals surface area contributed by atoms with Crippen LogP contribution in [0.3, 0.4) is 0 Å². The van der Waals surface area contributed by atoms with Crippen molar-refractivity contribution in [1.82, 2.24) is 4.90 Å². The predicted octanol–water partition coefficient (Wildman–Crippen LogP) is 7.06. The van der Waals surface area contributed by atoms with Crippen molar-refractivity contribution in [3.8, 4) is 12.1 Å². The molecule has 0 fully saturated rings. The molecule has 166 valence electrons. The maximum absolute atomic E-state index is 9.17. The lowest BCUT2D eigenvalue weighted by Gasteiger charge is -2.37. The Labute approximate surface area is 204 Å². The van der Waals surface area contributed by atoms with Crippen molar-refractivity contribution in [3.63, 3.8) is 0 Å². The van der Waals surface area contributed by atoms with Crippen LogP contribution in [-0.2, 0) is 5.41 Å². The zero-order valence-corrected chi connectivity index (χ0v) is 20.2. The first kappa shape index (κ1) is 21.8. The number of allylic oxidation sites excluding steroid dienone is 2. The number of hydrogen-bond acceptors (Lipinski definition) is 5. The highest BCUT2D eigenvalue weighted by molar-refractivity contribution is 7.13. The van der Waals surface area contributed by atoms with Gasteiger partial charge < -0.3 is 9.80 Å².